The van der Waals surface area contributed by atoms with Crippen LogP contribution in [0.3, 0.4) is 0 Å². The van der Waals surface area contributed by atoms with Crippen LogP contribution in [0.2, 0.25) is 5.02 Å². The van der Waals surface area contributed by atoms with Crippen molar-refractivity contribution in [3.05, 3.63) is 83.5 Å². The first-order chi connectivity index (χ1) is 15.1. The van der Waals surface area contributed by atoms with Gasteiger partial charge in [-0.25, -0.2) is 4.98 Å². The van der Waals surface area contributed by atoms with Gasteiger partial charge in [0.2, 0.25) is 5.91 Å². The highest BCUT2D eigenvalue weighted by atomic mass is 35.5. The average molecular weight is 435 g/mol. The standard InChI is InChI=1S/C25H27ClN4O/c1-29(18-19-7-3-2-4-8-19)23-10-6-5-9-22(23)28-25(31)20-13-15-30(16-14-20)24-12-11-21(26)17-27-24/h2-12,17,20H,13-16,18H2,1H3,(H,28,31). The Kier molecular flexibility index (Phi) is 6.73. The SMILES string of the molecule is CN(Cc1ccccc1)c1ccccc1NC(=O)C1CCN(c2ccc(Cl)cn2)CC1. The van der Waals surface area contributed by atoms with Crippen molar-refractivity contribution in [1.82, 2.24) is 4.98 Å². The second-order valence-electron chi connectivity index (χ2n) is 7.94. The number of pyridine rings is 1. The van der Waals surface area contributed by atoms with Crippen LogP contribution >= 0.6 is 11.6 Å². The Morgan fingerprint density at radius 2 is 1.77 bits per heavy atom. The molecule has 2 aromatic carbocycles. The van der Waals surface area contributed by atoms with E-state index in [2.05, 4.69) is 39.3 Å². The number of anilines is 3. The average Bonchev–Trinajstić information content (AvgIpc) is 2.81. The van der Waals surface area contributed by atoms with Crippen molar-refractivity contribution in [1.29, 1.82) is 0 Å². The second kappa shape index (κ2) is 9.84. The van der Waals surface area contributed by atoms with Crippen molar-refractivity contribution >= 4 is 34.7 Å². The number of amides is 1. The first-order valence-electron chi connectivity index (χ1n) is 10.6. The van der Waals surface area contributed by atoms with Gasteiger partial charge in [0.1, 0.15) is 5.82 Å². The number of aromatic nitrogens is 1. The summed E-state index contributed by atoms with van der Waals surface area (Å²) in [7, 11) is 2.05. The molecular formula is C25H27ClN4O. The van der Waals surface area contributed by atoms with Crippen LogP contribution in [-0.4, -0.2) is 31.0 Å². The van der Waals surface area contributed by atoms with Crippen LogP contribution in [0, 0.1) is 5.92 Å². The Morgan fingerprint density at radius 1 is 1.06 bits per heavy atom. The third-order valence-electron chi connectivity index (χ3n) is 5.74. The third-order valence-corrected chi connectivity index (χ3v) is 5.96. The lowest BCUT2D eigenvalue weighted by Crippen LogP contribution is -2.38. The number of nitrogens with zero attached hydrogens (tertiary/aromatic N) is 3. The van der Waals surface area contributed by atoms with E-state index in [0.29, 0.717) is 5.02 Å². The molecule has 1 aromatic heterocycles. The summed E-state index contributed by atoms with van der Waals surface area (Å²) in [5.74, 6) is 0.997. The van der Waals surface area contributed by atoms with Crippen molar-refractivity contribution < 1.29 is 4.79 Å². The topological polar surface area (TPSA) is 48.5 Å². The minimum Gasteiger partial charge on any atom is -0.369 e. The van der Waals surface area contributed by atoms with Crippen molar-refractivity contribution in [3.63, 3.8) is 0 Å². The summed E-state index contributed by atoms with van der Waals surface area (Å²) in [6.45, 7) is 2.39. The molecule has 1 aliphatic rings. The van der Waals surface area contributed by atoms with Gasteiger partial charge in [-0.15, -0.1) is 0 Å². The fourth-order valence-corrected chi connectivity index (χ4v) is 4.13. The number of piperidine rings is 1. The van der Waals surface area contributed by atoms with Crippen LogP contribution in [0.25, 0.3) is 0 Å². The predicted molar refractivity (Wildman–Crippen MR) is 128 cm³/mol. The number of hydrogen-bond acceptors (Lipinski definition) is 4. The summed E-state index contributed by atoms with van der Waals surface area (Å²) in [6, 6.07) is 22.1. The van der Waals surface area contributed by atoms with Crippen molar-refractivity contribution in [3.8, 4) is 0 Å². The van der Waals surface area contributed by atoms with Crippen LogP contribution in [0.4, 0.5) is 17.2 Å². The van der Waals surface area contributed by atoms with Gasteiger partial charge in [0.05, 0.1) is 16.4 Å². The fourth-order valence-electron chi connectivity index (χ4n) is 4.02. The second-order valence-corrected chi connectivity index (χ2v) is 8.38. The molecule has 3 aromatic rings. The van der Waals surface area contributed by atoms with Gasteiger partial charge in [-0.2, -0.15) is 0 Å². The zero-order valence-electron chi connectivity index (χ0n) is 17.7. The van der Waals surface area contributed by atoms with Crippen molar-refractivity contribution in [2.45, 2.75) is 19.4 Å². The zero-order chi connectivity index (χ0) is 21.6. The molecule has 1 aliphatic heterocycles. The molecule has 1 N–H and O–H groups in total. The molecule has 4 rings (SSSR count). The van der Waals surface area contributed by atoms with Crippen LogP contribution in [0.5, 0.6) is 0 Å². The first kappa shape index (κ1) is 21.2. The van der Waals surface area contributed by atoms with Gasteiger partial charge >= 0.3 is 0 Å². The normalized spacial score (nSPS) is 14.3. The summed E-state index contributed by atoms with van der Waals surface area (Å²) in [6.07, 6.45) is 3.27. The molecule has 6 heteroatoms. The quantitative estimate of drug-likeness (QED) is 0.577. The van der Waals surface area contributed by atoms with E-state index >= 15 is 0 Å². The minimum absolute atomic E-state index is 0.00367. The number of carbonyl (C=O) groups excluding carboxylic acids is 1. The first-order valence-corrected chi connectivity index (χ1v) is 11.0. The van der Waals surface area contributed by atoms with Gasteiger partial charge in [0.15, 0.2) is 0 Å². The van der Waals surface area contributed by atoms with E-state index < -0.39 is 0 Å². The van der Waals surface area contributed by atoms with E-state index in [4.69, 9.17) is 11.6 Å². The number of carbonyl (C=O) groups is 1. The van der Waals surface area contributed by atoms with E-state index in [1.807, 2.05) is 54.6 Å². The van der Waals surface area contributed by atoms with Crippen LogP contribution in [0.15, 0.2) is 72.9 Å². The predicted octanol–water partition coefficient (Wildman–Crippen LogP) is 5.23. The molecule has 1 fully saturated rings. The summed E-state index contributed by atoms with van der Waals surface area (Å²) in [4.78, 5) is 21.8. The molecule has 0 aliphatic carbocycles. The maximum atomic E-state index is 13.0. The van der Waals surface area contributed by atoms with Crippen LogP contribution < -0.4 is 15.1 Å². The lowest BCUT2D eigenvalue weighted by molar-refractivity contribution is -0.120. The summed E-state index contributed by atoms with van der Waals surface area (Å²) < 4.78 is 0. The van der Waals surface area contributed by atoms with E-state index in [-0.39, 0.29) is 11.8 Å². The number of para-hydroxylation sites is 2. The van der Waals surface area contributed by atoms with Gasteiger partial charge in [-0.1, -0.05) is 54.1 Å². The van der Waals surface area contributed by atoms with Gasteiger partial charge in [-0.05, 0) is 42.7 Å². The molecule has 0 atom stereocenters. The van der Waals surface area contributed by atoms with Crippen molar-refractivity contribution in [2.24, 2.45) is 5.92 Å². The van der Waals surface area contributed by atoms with Gasteiger partial charge in [-0.3, -0.25) is 4.79 Å². The summed E-state index contributed by atoms with van der Waals surface area (Å²) in [5, 5.41) is 3.81. The maximum Gasteiger partial charge on any atom is 0.227 e. The molecule has 0 radical (unpaired) electrons. The van der Waals surface area contributed by atoms with E-state index in [9.17, 15) is 4.79 Å². The number of hydrogen-bond donors (Lipinski definition) is 1. The highest BCUT2D eigenvalue weighted by molar-refractivity contribution is 6.30. The van der Waals surface area contributed by atoms with Crippen LogP contribution in [-0.2, 0) is 11.3 Å². The van der Waals surface area contributed by atoms with Crippen molar-refractivity contribution in [2.75, 3.05) is 35.3 Å². The van der Waals surface area contributed by atoms with E-state index in [0.717, 1.165) is 49.7 Å². The molecule has 0 unspecified atom stereocenters. The molecule has 5 nitrogen and oxygen atoms in total. The smallest absolute Gasteiger partial charge is 0.227 e. The van der Waals surface area contributed by atoms with Gasteiger partial charge < -0.3 is 15.1 Å². The Bertz CT molecular complexity index is 1000. The molecule has 0 spiro atoms. The Balaban J connectivity index is 1.37. The highest BCUT2D eigenvalue weighted by Gasteiger charge is 2.26. The molecule has 1 amide bonds. The van der Waals surface area contributed by atoms with Crippen LogP contribution in [0.1, 0.15) is 18.4 Å². The monoisotopic (exact) mass is 434 g/mol. The molecule has 0 bridgehead atoms. The highest BCUT2D eigenvalue weighted by Crippen LogP contribution is 2.28. The lowest BCUT2D eigenvalue weighted by atomic mass is 9.95. The largest absolute Gasteiger partial charge is 0.369 e. The third kappa shape index (κ3) is 5.36. The number of halogens is 1. The minimum atomic E-state index is -0.00367. The number of rotatable bonds is 6. The van der Waals surface area contributed by atoms with Gasteiger partial charge in [0, 0.05) is 38.8 Å². The Hall–Kier alpha value is -3.05. The molecule has 2 heterocycles. The fraction of sp³-hybridized carbons (Fsp3) is 0.280. The molecule has 0 saturated carbocycles. The van der Waals surface area contributed by atoms with E-state index in [1.54, 1.807) is 6.20 Å². The molecule has 1 saturated heterocycles. The lowest BCUT2D eigenvalue weighted by Gasteiger charge is -2.32. The molecule has 160 valence electrons. The maximum absolute atomic E-state index is 13.0. The Morgan fingerprint density at radius 3 is 2.48 bits per heavy atom. The van der Waals surface area contributed by atoms with E-state index in [1.165, 1.54) is 5.56 Å². The molecular weight excluding hydrogens is 408 g/mol. The number of nitrogens with one attached hydrogen (secondary N) is 1. The zero-order valence-corrected chi connectivity index (χ0v) is 18.4. The summed E-state index contributed by atoms with van der Waals surface area (Å²) >= 11 is 5.94. The molecule has 31 heavy (non-hydrogen) atoms. The summed E-state index contributed by atoms with van der Waals surface area (Å²) in [5.41, 5.74) is 3.10. The number of benzene rings is 2. The van der Waals surface area contributed by atoms with Gasteiger partial charge in [0.25, 0.3) is 0 Å². The Labute approximate surface area is 188 Å².